The predicted molar refractivity (Wildman–Crippen MR) is 111 cm³/mol. The van der Waals surface area contributed by atoms with Gasteiger partial charge in [0, 0.05) is 16.1 Å². The van der Waals surface area contributed by atoms with Gasteiger partial charge < -0.3 is 4.42 Å². The van der Waals surface area contributed by atoms with Gasteiger partial charge in [-0.25, -0.2) is 4.98 Å². The summed E-state index contributed by atoms with van der Waals surface area (Å²) in [5.41, 5.74) is 1.60. The van der Waals surface area contributed by atoms with Crippen LogP contribution in [0.5, 0.6) is 0 Å². The van der Waals surface area contributed by atoms with Crippen LogP contribution in [0.4, 0.5) is 0 Å². The van der Waals surface area contributed by atoms with Gasteiger partial charge in [0.25, 0.3) is 5.56 Å². The van der Waals surface area contributed by atoms with Gasteiger partial charge in [-0.1, -0.05) is 45.9 Å². The van der Waals surface area contributed by atoms with E-state index in [0.29, 0.717) is 33.6 Å². The van der Waals surface area contributed by atoms with Crippen LogP contribution in [0.1, 0.15) is 24.8 Å². The number of benzene rings is 2. The number of hydrogen-bond donors (Lipinski definition) is 0. The van der Waals surface area contributed by atoms with Crippen LogP contribution in [0.3, 0.4) is 0 Å². The molecule has 1 saturated carbocycles. The number of para-hydroxylation sites is 1. The van der Waals surface area contributed by atoms with Crippen LogP contribution < -0.4 is 5.56 Å². The second kappa shape index (κ2) is 7.18. The van der Waals surface area contributed by atoms with Crippen molar-refractivity contribution in [3.63, 3.8) is 0 Å². The van der Waals surface area contributed by atoms with Crippen LogP contribution in [0.25, 0.3) is 22.4 Å². The molecule has 0 radical (unpaired) electrons. The van der Waals surface area contributed by atoms with Crippen LogP contribution in [0.2, 0.25) is 0 Å². The molecule has 2 aromatic carbocycles. The van der Waals surface area contributed by atoms with Crippen LogP contribution in [-0.2, 0) is 5.75 Å². The van der Waals surface area contributed by atoms with Crippen molar-refractivity contribution >= 4 is 38.6 Å². The molecule has 0 amide bonds. The SMILES string of the molecule is O=c1c2ccccc2nc(SCc2nnc(-c3cccc(Br)c3)o2)n1C1CC1. The van der Waals surface area contributed by atoms with Gasteiger partial charge in [0.1, 0.15) is 0 Å². The van der Waals surface area contributed by atoms with E-state index in [2.05, 4.69) is 26.1 Å². The first-order chi connectivity index (χ1) is 13.7. The number of hydrogen-bond acceptors (Lipinski definition) is 6. The first-order valence-corrected chi connectivity index (χ1v) is 10.7. The second-order valence-corrected chi connectivity index (χ2v) is 8.48. The molecular formula is C20H15BrN4O2S. The molecule has 2 heterocycles. The summed E-state index contributed by atoms with van der Waals surface area (Å²) >= 11 is 4.90. The average Bonchev–Trinajstić information content (AvgIpc) is 3.42. The minimum atomic E-state index is 0.0240. The third-order valence-corrected chi connectivity index (χ3v) is 5.98. The Labute approximate surface area is 173 Å². The maximum atomic E-state index is 12.9. The van der Waals surface area contributed by atoms with Crippen molar-refractivity contribution in [1.82, 2.24) is 19.7 Å². The molecule has 0 aliphatic heterocycles. The Kier molecular flexibility index (Phi) is 4.52. The standard InChI is InChI=1S/C20H15BrN4O2S/c21-13-5-3-4-12(10-13)18-24-23-17(27-18)11-28-20-22-16-7-2-1-6-15(16)19(26)25(20)14-8-9-14/h1-7,10,14H,8-9,11H2. The Bertz CT molecular complexity index is 1230. The van der Waals surface area contributed by atoms with Crippen LogP contribution in [0.15, 0.2) is 67.4 Å². The summed E-state index contributed by atoms with van der Waals surface area (Å²) in [4.78, 5) is 17.6. The molecule has 5 rings (SSSR count). The lowest BCUT2D eigenvalue weighted by Crippen LogP contribution is -2.22. The number of halogens is 1. The Morgan fingerprint density at radius 3 is 2.82 bits per heavy atom. The number of nitrogens with zero attached hydrogens (tertiary/aromatic N) is 4. The fourth-order valence-electron chi connectivity index (χ4n) is 3.06. The zero-order valence-corrected chi connectivity index (χ0v) is 17.1. The van der Waals surface area contributed by atoms with Gasteiger partial charge in [0.05, 0.1) is 16.7 Å². The molecule has 2 aromatic heterocycles. The van der Waals surface area contributed by atoms with E-state index < -0.39 is 0 Å². The topological polar surface area (TPSA) is 73.8 Å². The maximum absolute atomic E-state index is 12.9. The molecule has 0 bridgehead atoms. The van der Waals surface area contributed by atoms with E-state index in [9.17, 15) is 4.79 Å². The van der Waals surface area contributed by atoms with Crippen molar-refractivity contribution in [2.75, 3.05) is 0 Å². The highest BCUT2D eigenvalue weighted by Gasteiger charge is 2.28. The van der Waals surface area contributed by atoms with E-state index in [1.54, 1.807) is 0 Å². The van der Waals surface area contributed by atoms with Crippen molar-refractivity contribution in [3.8, 4) is 11.5 Å². The van der Waals surface area contributed by atoms with Gasteiger partial charge >= 0.3 is 0 Å². The summed E-state index contributed by atoms with van der Waals surface area (Å²) in [7, 11) is 0. The zero-order chi connectivity index (χ0) is 19.1. The summed E-state index contributed by atoms with van der Waals surface area (Å²) in [6.07, 6.45) is 2.03. The average molecular weight is 455 g/mol. The van der Waals surface area contributed by atoms with Crippen molar-refractivity contribution in [3.05, 3.63) is 69.2 Å². The van der Waals surface area contributed by atoms with E-state index in [0.717, 1.165) is 22.9 Å². The summed E-state index contributed by atoms with van der Waals surface area (Å²) in [6.45, 7) is 0. The van der Waals surface area contributed by atoms with Crippen LogP contribution >= 0.6 is 27.7 Å². The Balaban J connectivity index is 1.44. The quantitative estimate of drug-likeness (QED) is 0.317. The van der Waals surface area contributed by atoms with E-state index in [4.69, 9.17) is 9.40 Å². The lowest BCUT2D eigenvalue weighted by molar-refractivity contribution is 0.527. The first kappa shape index (κ1) is 17.6. The highest BCUT2D eigenvalue weighted by molar-refractivity contribution is 9.10. The van der Waals surface area contributed by atoms with Gasteiger partial charge in [-0.15, -0.1) is 10.2 Å². The summed E-state index contributed by atoms with van der Waals surface area (Å²) in [6, 6.07) is 15.4. The highest BCUT2D eigenvalue weighted by Crippen LogP contribution is 2.37. The minimum absolute atomic E-state index is 0.0240. The van der Waals surface area contributed by atoms with Gasteiger partial charge in [0.2, 0.25) is 11.8 Å². The number of fused-ring (bicyclic) bond motifs is 1. The largest absolute Gasteiger partial charge is 0.420 e. The molecule has 8 heteroatoms. The molecular weight excluding hydrogens is 440 g/mol. The Hall–Kier alpha value is -2.45. The molecule has 1 aliphatic rings. The Morgan fingerprint density at radius 2 is 2.00 bits per heavy atom. The molecule has 4 aromatic rings. The summed E-state index contributed by atoms with van der Waals surface area (Å²) < 4.78 is 8.57. The molecule has 1 fully saturated rings. The fourth-order valence-corrected chi connectivity index (χ4v) is 4.36. The molecule has 1 aliphatic carbocycles. The number of rotatable bonds is 5. The van der Waals surface area contributed by atoms with Crippen LogP contribution in [0, 0.1) is 0 Å². The molecule has 0 atom stereocenters. The van der Waals surface area contributed by atoms with Crippen molar-refractivity contribution < 1.29 is 4.42 Å². The lowest BCUT2D eigenvalue weighted by Gasteiger charge is -2.11. The summed E-state index contributed by atoms with van der Waals surface area (Å²) in [5.74, 6) is 1.44. The molecule has 6 nitrogen and oxygen atoms in total. The smallest absolute Gasteiger partial charge is 0.262 e. The molecule has 0 unspecified atom stereocenters. The minimum Gasteiger partial charge on any atom is -0.420 e. The first-order valence-electron chi connectivity index (χ1n) is 8.91. The highest BCUT2D eigenvalue weighted by atomic mass is 79.9. The molecule has 0 saturated heterocycles. The van der Waals surface area contributed by atoms with Gasteiger partial charge in [-0.2, -0.15) is 0 Å². The van der Waals surface area contributed by atoms with E-state index in [1.165, 1.54) is 11.8 Å². The predicted octanol–water partition coefficient (Wildman–Crippen LogP) is 4.84. The fraction of sp³-hybridized carbons (Fsp3) is 0.200. The van der Waals surface area contributed by atoms with Crippen molar-refractivity contribution in [1.29, 1.82) is 0 Å². The molecule has 0 N–H and O–H groups in total. The number of thioether (sulfide) groups is 1. The third kappa shape index (κ3) is 3.38. The van der Waals surface area contributed by atoms with E-state index in [-0.39, 0.29) is 11.6 Å². The van der Waals surface area contributed by atoms with Gasteiger partial charge in [-0.05, 0) is 43.2 Å². The molecule has 28 heavy (non-hydrogen) atoms. The Morgan fingerprint density at radius 1 is 1.14 bits per heavy atom. The van der Waals surface area contributed by atoms with Gasteiger partial charge in [-0.3, -0.25) is 9.36 Å². The molecule has 0 spiro atoms. The lowest BCUT2D eigenvalue weighted by atomic mass is 10.2. The molecule has 140 valence electrons. The second-order valence-electron chi connectivity index (χ2n) is 6.62. The maximum Gasteiger partial charge on any atom is 0.262 e. The van der Waals surface area contributed by atoms with Crippen LogP contribution in [-0.4, -0.2) is 19.7 Å². The monoisotopic (exact) mass is 454 g/mol. The van der Waals surface area contributed by atoms with Gasteiger partial charge in [0.15, 0.2) is 5.16 Å². The van der Waals surface area contributed by atoms with Crippen molar-refractivity contribution in [2.45, 2.75) is 29.8 Å². The zero-order valence-electron chi connectivity index (χ0n) is 14.7. The number of aromatic nitrogens is 4. The third-order valence-electron chi connectivity index (χ3n) is 4.55. The normalized spacial score (nSPS) is 13.9. The van der Waals surface area contributed by atoms with E-state index >= 15 is 0 Å². The van der Waals surface area contributed by atoms with Crippen molar-refractivity contribution in [2.24, 2.45) is 0 Å². The van der Waals surface area contributed by atoms with E-state index in [1.807, 2.05) is 53.1 Å². The summed E-state index contributed by atoms with van der Waals surface area (Å²) in [5, 5.41) is 9.64.